The fraction of sp³-hybridized carbons (Fsp3) is 0.533. The van der Waals surface area contributed by atoms with Crippen molar-refractivity contribution in [3.05, 3.63) is 24.3 Å². The number of oxazole rings is 1. The summed E-state index contributed by atoms with van der Waals surface area (Å²) in [5, 5.41) is 5.06. The van der Waals surface area contributed by atoms with Crippen LogP contribution in [0.3, 0.4) is 0 Å². The molecule has 2 aromatic rings. The van der Waals surface area contributed by atoms with E-state index in [2.05, 4.69) is 17.2 Å². The van der Waals surface area contributed by atoms with Crippen molar-refractivity contribution in [2.24, 2.45) is 0 Å². The zero-order chi connectivity index (χ0) is 13.1. The van der Waals surface area contributed by atoms with Gasteiger partial charge in [-0.1, -0.05) is 37.2 Å². The molecule has 0 radical (unpaired) electrons. The minimum absolute atomic E-state index is 0.597. The second-order valence-corrected chi connectivity index (χ2v) is 6.29. The van der Waals surface area contributed by atoms with Crippen LogP contribution < -0.4 is 5.32 Å². The minimum atomic E-state index is 0.597. The highest BCUT2D eigenvalue weighted by Gasteiger charge is 2.29. The van der Waals surface area contributed by atoms with Crippen molar-refractivity contribution >= 4 is 22.9 Å². The summed E-state index contributed by atoms with van der Waals surface area (Å²) in [7, 11) is 0. The maximum Gasteiger partial charge on any atom is 0.257 e. The van der Waals surface area contributed by atoms with Gasteiger partial charge in [-0.2, -0.15) is 0 Å². The van der Waals surface area contributed by atoms with Crippen molar-refractivity contribution in [3.8, 4) is 0 Å². The van der Waals surface area contributed by atoms with E-state index < -0.39 is 0 Å². The molecule has 1 aliphatic rings. The summed E-state index contributed by atoms with van der Waals surface area (Å²) in [6.45, 7) is 3.32. The Labute approximate surface area is 118 Å². The Balaban J connectivity index is 1.69. The quantitative estimate of drug-likeness (QED) is 0.900. The first-order chi connectivity index (χ1) is 9.36. The molecule has 0 spiro atoms. The second-order valence-electron chi connectivity index (χ2n) is 5.10. The Bertz CT molecular complexity index is 507. The number of nitrogens with one attached hydrogen (secondary N) is 1. The molecule has 102 valence electrons. The number of thioether (sulfide) groups is 1. The number of nitrogens with zero attached hydrogens (tertiary/aromatic N) is 1. The number of aromatic nitrogens is 1. The summed E-state index contributed by atoms with van der Waals surface area (Å²) in [5.74, 6) is 0. The third-order valence-corrected chi connectivity index (χ3v) is 4.88. The van der Waals surface area contributed by atoms with Crippen LogP contribution >= 0.6 is 11.8 Å². The van der Waals surface area contributed by atoms with Gasteiger partial charge < -0.3 is 9.73 Å². The molecular weight excluding hydrogens is 256 g/mol. The Morgan fingerprint density at radius 3 is 3.11 bits per heavy atom. The minimum Gasteiger partial charge on any atom is -0.431 e. The van der Waals surface area contributed by atoms with Crippen molar-refractivity contribution < 1.29 is 4.42 Å². The maximum absolute atomic E-state index is 5.81. The van der Waals surface area contributed by atoms with Crippen molar-refractivity contribution in [3.63, 3.8) is 0 Å². The van der Waals surface area contributed by atoms with E-state index in [-0.39, 0.29) is 0 Å². The molecule has 4 heteroatoms. The molecule has 1 saturated carbocycles. The topological polar surface area (TPSA) is 38.1 Å². The fourth-order valence-corrected chi connectivity index (χ4v) is 3.89. The van der Waals surface area contributed by atoms with Crippen LogP contribution in [0.5, 0.6) is 0 Å². The van der Waals surface area contributed by atoms with Gasteiger partial charge in [0, 0.05) is 11.3 Å². The van der Waals surface area contributed by atoms with Gasteiger partial charge in [0.1, 0.15) is 5.52 Å². The fourth-order valence-electron chi connectivity index (χ4n) is 2.66. The third-order valence-electron chi connectivity index (χ3n) is 3.64. The van der Waals surface area contributed by atoms with Gasteiger partial charge in [-0.25, -0.2) is 4.98 Å². The summed E-state index contributed by atoms with van der Waals surface area (Å²) in [6.07, 6.45) is 5.03. The summed E-state index contributed by atoms with van der Waals surface area (Å²) in [5.41, 5.74) is 1.85. The van der Waals surface area contributed by atoms with E-state index in [1.165, 1.54) is 25.7 Å². The first-order valence-corrected chi connectivity index (χ1v) is 8.00. The van der Waals surface area contributed by atoms with Gasteiger partial charge in [-0.3, -0.25) is 0 Å². The van der Waals surface area contributed by atoms with Crippen molar-refractivity contribution in [2.75, 3.05) is 6.54 Å². The van der Waals surface area contributed by atoms with Gasteiger partial charge in [0.2, 0.25) is 0 Å². The SMILES string of the molecule is CCCNC1CCCC1Sc1nc2ccccc2o1. The zero-order valence-electron chi connectivity index (χ0n) is 11.3. The molecule has 1 aliphatic carbocycles. The Kier molecular flexibility index (Phi) is 4.09. The van der Waals surface area contributed by atoms with Crippen LogP contribution in [0.2, 0.25) is 0 Å². The lowest BCUT2D eigenvalue weighted by molar-refractivity contribution is 0.482. The predicted molar refractivity (Wildman–Crippen MR) is 79.6 cm³/mol. The zero-order valence-corrected chi connectivity index (χ0v) is 12.1. The van der Waals surface area contributed by atoms with Crippen LogP contribution in [-0.2, 0) is 0 Å². The summed E-state index contributed by atoms with van der Waals surface area (Å²) in [4.78, 5) is 4.56. The molecule has 3 nitrogen and oxygen atoms in total. The van der Waals surface area contributed by atoms with Gasteiger partial charge in [0.15, 0.2) is 5.58 Å². The standard InChI is InChI=1S/C15H20N2OS/c1-2-10-16-12-7-5-9-14(12)19-15-17-11-6-3-4-8-13(11)18-15/h3-4,6,8,12,14,16H,2,5,7,9-10H2,1H3. The van der Waals surface area contributed by atoms with E-state index in [4.69, 9.17) is 4.42 Å². The first-order valence-electron chi connectivity index (χ1n) is 7.12. The third kappa shape index (κ3) is 2.95. The normalized spacial score (nSPS) is 23.2. The molecule has 0 bridgehead atoms. The van der Waals surface area contributed by atoms with Crippen molar-refractivity contribution in [1.82, 2.24) is 10.3 Å². The lowest BCUT2D eigenvalue weighted by Crippen LogP contribution is -2.34. The lowest BCUT2D eigenvalue weighted by atomic mass is 10.2. The Morgan fingerprint density at radius 2 is 2.26 bits per heavy atom. The van der Waals surface area contributed by atoms with Crippen molar-refractivity contribution in [1.29, 1.82) is 0 Å². The van der Waals surface area contributed by atoms with E-state index in [0.717, 1.165) is 22.9 Å². The van der Waals surface area contributed by atoms with E-state index in [9.17, 15) is 0 Å². The number of hydrogen-bond acceptors (Lipinski definition) is 4. The van der Waals surface area contributed by atoms with Gasteiger partial charge in [0.05, 0.1) is 0 Å². The molecule has 1 fully saturated rings. The number of para-hydroxylation sites is 2. The van der Waals surface area contributed by atoms with E-state index in [0.29, 0.717) is 11.3 Å². The maximum atomic E-state index is 5.81. The van der Waals surface area contributed by atoms with E-state index >= 15 is 0 Å². The molecule has 0 aliphatic heterocycles. The number of hydrogen-bond donors (Lipinski definition) is 1. The Morgan fingerprint density at radius 1 is 1.37 bits per heavy atom. The molecule has 19 heavy (non-hydrogen) atoms. The van der Waals surface area contributed by atoms with Gasteiger partial charge in [0.25, 0.3) is 5.22 Å². The van der Waals surface area contributed by atoms with Crippen LogP contribution in [0.25, 0.3) is 11.1 Å². The average molecular weight is 276 g/mol. The molecule has 1 aromatic heterocycles. The number of rotatable bonds is 5. The summed E-state index contributed by atoms with van der Waals surface area (Å²) < 4.78 is 5.81. The molecule has 2 unspecified atom stereocenters. The lowest BCUT2D eigenvalue weighted by Gasteiger charge is -2.18. The Hall–Kier alpha value is -1.00. The van der Waals surface area contributed by atoms with Gasteiger partial charge in [-0.15, -0.1) is 0 Å². The second kappa shape index (κ2) is 5.97. The highest BCUT2D eigenvalue weighted by Crippen LogP contribution is 2.35. The van der Waals surface area contributed by atoms with Gasteiger partial charge >= 0.3 is 0 Å². The van der Waals surface area contributed by atoms with Crippen LogP contribution in [0.4, 0.5) is 0 Å². The average Bonchev–Trinajstić information content (AvgIpc) is 3.02. The molecule has 1 N–H and O–H groups in total. The molecular formula is C15H20N2OS. The van der Waals surface area contributed by atoms with Crippen molar-refractivity contribution in [2.45, 2.75) is 49.1 Å². The monoisotopic (exact) mass is 276 g/mol. The summed E-state index contributed by atoms with van der Waals surface area (Å²) >= 11 is 1.80. The van der Waals surface area contributed by atoms with Crippen LogP contribution in [0.15, 0.2) is 33.9 Å². The highest BCUT2D eigenvalue weighted by molar-refractivity contribution is 7.99. The van der Waals surface area contributed by atoms with E-state index in [1.807, 2.05) is 24.3 Å². The molecule has 0 saturated heterocycles. The molecule has 1 aromatic carbocycles. The highest BCUT2D eigenvalue weighted by atomic mass is 32.2. The molecule has 3 rings (SSSR count). The number of benzene rings is 1. The molecule has 1 heterocycles. The largest absolute Gasteiger partial charge is 0.431 e. The van der Waals surface area contributed by atoms with Crippen LogP contribution in [0, 0.1) is 0 Å². The first kappa shape index (κ1) is 13.0. The number of fused-ring (bicyclic) bond motifs is 1. The van der Waals surface area contributed by atoms with Gasteiger partial charge in [-0.05, 0) is 37.9 Å². The van der Waals surface area contributed by atoms with E-state index in [1.54, 1.807) is 11.8 Å². The predicted octanol–water partition coefficient (Wildman–Crippen LogP) is 3.84. The summed E-state index contributed by atoms with van der Waals surface area (Å²) in [6, 6.07) is 8.59. The molecule has 0 amide bonds. The van der Waals surface area contributed by atoms with Crippen LogP contribution in [0.1, 0.15) is 32.6 Å². The van der Waals surface area contributed by atoms with Crippen LogP contribution in [-0.4, -0.2) is 22.8 Å². The smallest absolute Gasteiger partial charge is 0.257 e. The molecule has 2 atom stereocenters.